The molecule has 2 aromatic rings. The van der Waals surface area contributed by atoms with Crippen molar-refractivity contribution in [2.24, 2.45) is 0 Å². The number of aryl methyl sites for hydroxylation is 2. The van der Waals surface area contributed by atoms with Crippen molar-refractivity contribution in [2.75, 3.05) is 5.73 Å². The average molecular weight is 234 g/mol. The van der Waals surface area contributed by atoms with E-state index in [0.29, 0.717) is 17.1 Å². The minimum absolute atomic E-state index is 0.0109. The van der Waals surface area contributed by atoms with Crippen LogP contribution >= 0.6 is 0 Å². The molecule has 0 spiro atoms. The molecule has 1 aromatic heterocycles. The second kappa shape index (κ2) is 4.32. The lowest BCUT2D eigenvalue weighted by Crippen LogP contribution is -2.00. The van der Waals surface area contributed by atoms with Gasteiger partial charge in [0.15, 0.2) is 11.6 Å². The van der Waals surface area contributed by atoms with Crippen LogP contribution in [0.4, 0.5) is 10.1 Å². The van der Waals surface area contributed by atoms with Gasteiger partial charge >= 0.3 is 6.01 Å². The highest BCUT2D eigenvalue weighted by Gasteiger charge is 2.08. The zero-order chi connectivity index (χ0) is 12.4. The fourth-order valence-corrected chi connectivity index (χ4v) is 1.18. The maximum absolute atomic E-state index is 13.4. The third kappa shape index (κ3) is 2.47. The number of hydrogen-bond donors (Lipinski definition) is 1. The first kappa shape index (κ1) is 11.3. The summed E-state index contributed by atoms with van der Waals surface area (Å²) < 4.78 is 18.6. The number of benzene rings is 1. The Hall–Kier alpha value is -2.24. The normalized spacial score (nSPS) is 10.3. The Bertz CT molecular complexity index is 559. The quantitative estimate of drug-likeness (QED) is 0.804. The SMILES string of the molecule is Cc1nnc(Oc2ccc(N)cc2F)nc1C. The molecule has 5 nitrogen and oxygen atoms in total. The van der Waals surface area contributed by atoms with Gasteiger partial charge in [0.1, 0.15) is 0 Å². The van der Waals surface area contributed by atoms with E-state index in [1.165, 1.54) is 18.2 Å². The smallest absolute Gasteiger partial charge is 0.341 e. The molecule has 6 heteroatoms. The fourth-order valence-electron chi connectivity index (χ4n) is 1.18. The van der Waals surface area contributed by atoms with Crippen LogP contribution in [0.15, 0.2) is 18.2 Å². The zero-order valence-corrected chi connectivity index (χ0v) is 9.44. The lowest BCUT2D eigenvalue weighted by molar-refractivity contribution is 0.402. The number of nitrogens with zero attached hydrogens (tertiary/aromatic N) is 3. The van der Waals surface area contributed by atoms with Crippen LogP contribution in [0.1, 0.15) is 11.4 Å². The van der Waals surface area contributed by atoms with E-state index in [1.54, 1.807) is 13.8 Å². The fraction of sp³-hybridized carbons (Fsp3) is 0.182. The Morgan fingerprint density at radius 2 is 1.94 bits per heavy atom. The number of ether oxygens (including phenoxy) is 1. The first-order valence-electron chi connectivity index (χ1n) is 4.97. The van der Waals surface area contributed by atoms with Gasteiger partial charge in [0, 0.05) is 11.8 Å². The zero-order valence-electron chi connectivity index (χ0n) is 9.44. The van der Waals surface area contributed by atoms with E-state index >= 15 is 0 Å². The van der Waals surface area contributed by atoms with E-state index in [9.17, 15) is 4.39 Å². The van der Waals surface area contributed by atoms with E-state index in [4.69, 9.17) is 10.5 Å². The first-order valence-corrected chi connectivity index (χ1v) is 4.97. The lowest BCUT2D eigenvalue weighted by atomic mass is 10.3. The highest BCUT2D eigenvalue weighted by Crippen LogP contribution is 2.23. The molecule has 0 saturated heterocycles. The molecule has 0 aliphatic heterocycles. The second-order valence-electron chi connectivity index (χ2n) is 3.56. The van der Waals surface area contributed by atoms with Crippen LogP contribution in [0.5, 0.6) is 11.8 Å². The van der Waals surface area contributed by atoms with Crippen LogP contribution < -0.4 is 10.5 Å². The molecule has 0 saturated carbocycles. The Morgan fingerprint density at radius 1 is 1.18 bits per heavy atom. The summed E-state index contributed by atoms with van der Waals surface area (Å²) in [7, 11) is 0. The van der Waals surface area contributed by atoms with Gasteiger partial charge in [-0.2, -0.15) is 4.98 Å². The predicted octanol–water partition coefficient (Wildman–Crippen LogP) is 2.00. The predicted molar refractivity (Wildman–Crippen MR) is 60.2 cm³/mol. The Balaban J connectivity index is 2.28. The molecule has 0 radical (unpaired) electrons. The molecule has 2 N–H and O–H groups in total. The van der Waals surface area contributed by atoms with Crippen LogP contribution in [-0.2, 0) is 0 Å². The maximum Gasteiger partial charge on any atom is 0.341 e. The van der Waals surface area contributed by atoms with E-state index in [2.05, 4.69) is 15.2 Å². The van der Waals surface area contributed by atoms with E-state index in [1.807, 2.05) is 0 Å². The van der Waals surface area contributed by atoms with Gasteiger partial charge in [0.05, 0.1) is 11.4 Å². The molecular formula is C11H11FN4O. The standard InChI is InChI=1S/C11H11FN4O/c1-6-7(2)15-16-11(14-6)17-10-4-3-8(13)5-9(10)12/h3-5H,13H2,1-2H3. The molecule has 0 unspecified atom stereocenters. The highest BCUT2D eigenvalue weighted by molar-refractivity contribution is 5.43. The molecule has 88 valence electrons. The maximum atomic E-state index is 13.4. The van der Waals surface area contributed by atoms with Gasteiger partial charge in [-0.1, -0.05) is 5.10 Å². The van der Waals surface area contributed by atoms with Crippen molar-refractivity contribution < 1.29 is 9.13 Å². The summed E-state index contributed by atoms with van der Waals surface area (Å²) in [5.41, 5.74) is 7.14. The largest absolute Gasteiger partial charge is 0.420 e. The van der Waals surface area contributed by atoms with Gasteiger partial charge in [0.2, 0.25) is 0 Å². The van der Waals surface area contributed by atoms with Gasteiger partial charge in [0.25, 0.3) is 0 Å². The van der Waals surface area contributed by atoms with Crippen molar-refractivity contribution in [3.8, 4) is 11.8 Å². The molecule has 0 amide bonds. The van der Waals surface area contributed by atoms with Crippen LogP contribution in [0.2, 0.25) is 0 Å². The number of nitrogens with two attached hydrogens (primary N) is 1. The van der Waals surface area contributed by atoms with Crippen LogP contribution in [-0.4, -0.2) is 15.2 Å². The van der Waals surface area contributed by atoms with Crippen molar-refractivity contribution in [3.63, 3.8) is 0 Å². The monoisotopic (exact) mass is 234 g/mol. The van der Waals surface area contributed by atoms with Gasteiger partial charge < -0.3 is 10.5 Å². The van der Waals surface area contributed by atoms with Crippen molar-refractivity contribution in [1.82, 2.24) is 15.2 Å². The molecule has 1 heterocycles. The number of rotatable bonds is 2. The molecule has 0 aliphatic rings. The van der Waals surface area contributed by atoms with Crippen molar-refractivity contribution in [3.05, 3.63) is 35.4 Å². The molecule has 0 bridgehead atoms. The first-order chi connectivity index (χ1) is 8.06. The summed E-state index contributed by atoms with van der Waals surface area (Å²) in [5, 5.41) is 7.55. The number of hydrogen-bond acceptors (Lipinski definition) is 5. The topological polar surface area (TPSA) is 73.9 Å². The minimum Gasteiger partial charge on any atom is -0.420 e. The minimum atomic E-state index is -0.563. The third-order valence-electron chi connectivity index (χ3n) is 2.23. The number of anilines is 1. The molecule has 17 heavy (non-hydrogen) atoms. The summed E-state index contributed by atoms with van der Waals surface area (Å²) in [4.78, 5) is 4.04. The Kier molecular flexibility index (Phi) is 2.86. The molecule has 0 fully saturated rings. The van der Waals surface area contributed by atoms with E-state index in [-0.39, 0.29) is 11.8 Å². The highest BCUT2D eigenvalue weighted by atomic mass is 19.1. The Labute approximate surface area is 97.5 Å². The van der Waals surface area contributed by atoms with E-state index < -0.39 is 5.82 Å². The molecule has 1 aromatic carbocycles. The molecule has 0 atom stereocenters. The molecule has 0 aliphatic carbocycles. The average Bonchev–Trinajstić information content (AvgIpc) is 2.27. The number of aromatic nitrogens is 3. The van der Waals surface area contributed by atoms with Crippen LogP contribution in [0.3, 0.4) is 0 Å². The van der Waals surface area contributed by atoms with Gasteiger partial charge in [-0.25, -0.2) is 4.39 Å². The summed E-state index contributed by atoms with van der Waals surface area (Å²) in [6.07, 6.45) is 0. The number of nitrogen functional groups attached to an aromatic ring is 1. The van der Waals surface area contributed by atoms with Crippen molar-refractivity contribution in [2.45, 2.75) is 13.8 Å². The lowest BCUT2D eigenvalue weighted by Gasteiger charge is -2.05. The second-order valence-corrected chi connectivity index (χ2v) is 3.56. The summed E-state index contributed by atoms with van der Waals surface area (Å²) >= 11 is 0. The van der Waals surface area contributed by atoms with E-state index in [0.717, 1.165) is 0 Å². The summed E-state index contributed by atoms with van der Waals surface area (Å²) in [6, 6.07) is 4.14. The Morgan fingerprint density at radius 3 is 2.59 bits per heavy atom. The summed E-state index contributed by atoms with van der Waals surface area (Å²) in [5.74, 6) is -0.545. The summed E-state index contributed by atoms with van der Waals surface area (Å²) in [6.45, 7) is 3.55. The van der Waals surface area contributed by atoms with Gasteiger partial charge in [-0.3, -0.25) is 0 Å². The van der Waals surface area contributed by atoms with Crippen LogP contribution in [0, 0.1) is 19.7 Å². The molecule has 2 rings (SSSR count). The van der Waals surface area contributed by atoms with Crippen molar-refractivity contribution >= 4 is 5.69 Å². The van der Waals surface area contributed by atoms with Gasteiger partial charge in [-0.15, -0.1) is 5.10 Å². The molecular weight excluding hydrogens is 223 g/mol. The number of halogens is 1. The van der Waals surface area contributed by atoms with Gasteiger partial charge in [-0.05, 0) is 26.0 Å². The third-order valence-corrected chi connectivity index (χ3v) is 2.23. The van der Waals surface area contributed by atoms with Crippen LogP contribution in [0.25, 0.3) is 0 Å². The van der Waals surface area contributed by atoms with Crippen molar-refractivity contribution in [1.29, 1.82) is 0 Å².